The van der Waals surface area contributed by atoms with Crippen LogP contribution in [-0.2, 0) is 9.53 Å². The first kappa shape index (κ1) is 12.5. The van der Waals surface area contributed by atoms with Crippen molar-refractivity contribution in [2.45, 2.75) is 57.4 Å². The predicted molar refractivity (Wildman–Crippen MR) is 60.4 cm³/mol. The van der Waals surface area contributed by atoms with Crippen molar-refractivity contribution in [1.82, 2.24) is 0 Å². The molecule has 0 aromatic heterocycles. The van der Waals surface area contributed by atoms with Crippen LogP contribution in [0.5, 0.6) is 0 Å². The van der Waals surface area contributed by atoms with E-state index in [4.69, 9.17) is 5.73 Å². The van der Waals surface area contributed by atoms with Gasteiger partial charge in [0.1, 0.15) is 0 Å². The van der Waals surface area contributed by atoms with Crippen molar-refractivity contribution in [2.24, 2.45) is 11.7 Å². The van der Waals surface area contributed by atoms with Gasteiger partial charge in [0.25, 0.3) is 0 Å². The average Bonchev–Trinajstić information content (AvgIpc) is 2.27. The maximum Gasteiger partial charge on any atom is 0.305 e. The van der Waals surface area contributed by atoms with Crippen LogP contribution >= 0.6 is 0 Å². The molecule has 3 nitrogen and oxygen atoms in total. The molecule has 0 amide bonds. The first-order valence-electron chi connectivity index (χ1n) is 6.04. The molecule has 0 heterocycles. The Morgan fingerprint density at radius 3 is 2.67 bits per heavy atom. The molecule has 88 valence electrons. The minimum atomic E-state index is -0.144. The molecule has 2 N–H and O–H groups in total. The third-order valence-electron chi connectivity index (χ3n) is 3.31. The van der Waals surface area contributed by atoms with E-state index in [0.29, 0.717) is 6.42 Å². The van der Waals surface area contributed by atoms with Crippen molar-refractivity contribution in [2.75, 3.05) is 7.11 Å². The van der Waals surface area contributed by atoms with Crippen molar-refractivity contribution in [1.29, 1.82) is 0 Å². The molecule has 0 aromatic rings. The van der Waals surface area contributed by atoms with Crippen LogP contribution < -0.4 is 5.73 Å². The first-order valence-corrected chi connectivity index (χ1v) is 6.04. The summed E-state index contributed by atoms with van der Waals surface area (Å²) in [5.41, 5.74) is 6.00. The fourth-order valence-electron chi connectivity index (χ4n) is 2.37. The minimum absolute atomic E-state index is 0.144. The second kappa shape index (κ2) is 6.83. The summed E-state index contributed by atoms with van der Waals surface area (Å²) < 4.78 is 4.60. The summed E-state index contributed by atoms with van der Waals surface area (Å²) in [5, 5.41) is 0. The maximum absolute atomic E-state index is 10.9. The van der Waals surface area contributed by atoms with E-state index in [0.717, 1.165) is 18.8 Å². The van der Waals surface area contributed by atoms with Gasteiger partial charge in [-0.1, -0.05) is 32.1 Å². The number of ether oxygens (including phenoxy) is 1. The normalized spacial score (nSPS) is 19.9. The third-order valence-corrected chi connectivity index (χ3v) is 3.31. The molecule has 0 aliphatic heterocycles. The molecule has 0 bridgehead atoms. The van der Waals surface area contributed by atoms with E-state index in [2.05, 4.69) is 4.74 Å². The molecule has 1 aliphatic carbocycles. The zero-order valence-corrected chi connectivity index (χ0v) is 9.71. The van der Waals surface area contributed by atoms with E-state index < -0.39 is 0 Å². The number of nitrogens with two attached hydrogens (primary N) is 1. The van der Waals surface area contributed by atoms with Gasteiger partial charge < -0.3 is 10.5 Å². The number of esters is 1. The van der Waals surface area contributed by atoms with E-state index in [-0.39, 0.29) is 12.0 Å². The van der Waals surface area contributed by atoms with Crippen LogP contribution in [-0.4, -0.2) is 19.1 Å². The summed E-state index contributed by atoms with van der Waals surface area (Å²) in [6.07, 6.45) is 9.05. The van der Waals surface area contributed by atoms with Crippen molar-refractivity contribution >= 4 is 5.97 Å². The Morgan fingerprint density at radius 1 is 1.40 bits per heavy atom. The van der Waals surface area contributed by atoms with Crippen molar-refractivity contribution < 1.29 is 9.53 Å². The van der Waals surface area contributed by atoms with Crippen LogP contribution in [0, 0.1) is 5.92 Å². The number of hydrogen-bond acceptors (Lipinski definition) is 3. The Kier molecular flexibility index (Phi) is 5.69. The van der Waals surface area contributed by atoms with Crippen molar-refractivity contribution in [3.63, 3.8) is 0 Å². The van der Waals surface area contributed by atoms with Crippen LogP contribution in [0.2, 0.25) is 0 Å². The molecule has 1 aliphatic rings. The van der Waals surface area contributed by atoms with Crippen LogP contribution in [0.4, 0.5) is 0 Å². The number of methoxy groups -OCH3 is 1. The van der Waals surface area contributed by atoms with Gasteiger partial charge in [-0.05, 0) is 18.8 Å². The van der Waals surface area contributed by atoms with Crippen LogP contribution in [0.25, 0.3) is 0 Å². The summed E-state index contributed by atoms with van der Waals surface area (Å²) in [7, 11) is 1.43. The minimum Gasteiger partial charge on any atom is -0.469 e. The Bertz CT molecular complexity index is 188. The standard InChI is InChI=1S/C12H23NO2/c1-15-12(14)8-7-11(13)9-10-5-3-2-4-6-10/h10-11H,2-9,13H2,1H3/t11-/m1/s1. The highest BCUT2D eigenvalue weighted by Crippen LogP contribution is 2.27. The molecule has 0 unspecified atom stereocenters. The highest BCUT2D eigenvalue weighted by Gasteiger charge is 2.17. The molecule has 0 aromatic carbocycles. The molecule has 1 fully saturated rings. The van der Waals surface area contributed by atoms with E-state index >= 15 is 0 Å². The van der Waals surface area contributed by atoms with Crippen LogP contribution in [0.15, 0.2) is 0 Å². The summed E-state index contributed by atoms with van der Waals surface area (Å²) in [6, 6.07) is 0.173. The second-order valence-corrected chi connectivity index (χ2v) is 4.61. The van der Waals surface area contributed by atoms with Gasteiger partial charge >= 0.3 is 5.97 Å². The fourth-order valence-corrected chi connectivity index (χ4v) is 2.37. The Labute approximate surface area is 92.4 Å². The Morgan fingerprint density at radius 2 is 2.07 bits per heavy atom. The van der Waals surface area contributed by atoms with Gasteiger partial charge in [0.15, 0.2) is 0 Å². The number of rotatable bonds is 5. The van der Waals surface area contributed by atoms with Gasteiger partial charge in [0.05, 0.1) is 7.11 Å². The lowest BCUT2D eigenvalue weighted by Crippen LogP contribution is -2.25. The van der Waals surface area contributed by atoms with Crippen LogP contribution in [0.3, 0.4) is 0 Å². The molecule has 0 saturated heterocycles. The molecule has 1 atom stereocenters. The smallest absolute Gasteiger partial charge is 0.305 e. The quantitative estimate of drug-likeness (QED) is 0.712. The predicted octanol–water partition coefficient (Wildman–Crippen LogP) is 2.24. The van der Waals surface area contributed by atoms with E-state index in [1.54, 1.807) is 0 Å². The average molecular weight is 213 g/mol. The summed E-state index contributed by atoms with van der Waals surface area (Å²) in [5.74, 6) is 0.653. The second-order valence-electron chi connectivity index (χ2n) is 4.61. The highest BCUT2D eigenvalue weighted by atomic mass is 16.5. The van der Waals surface area contributed by atoms with Gasteiger partial charge in [-0.2, -0.15) is 0 Å². The number of carbonyl (C=O) groups is 1. The van der Waals surface area contributed by atoms with Gasteiger partial charge in [-0.3, -0.25) is 4.79 Å². The van der Waals surface area contributed by atoms with Gasteiger partial charge in [-0.25, -0.2) is 0 Å². The molecular weight excluding hydrogens is 190 g/mol. The largest absolute Gasteiger partial charge is 0.469 e. The topological polar surface area (TPSA) is 52.3 Å². The molecule has 15 heavy (non-hydrogen) atoms. The monoisotopic (exact) mass is 213 g/mol. The summed E-state index contributed by atoms with van der Waals surface area (Å²) in [4.78, 5) is 10.9. The molecule has 1 rings (SSSR count). The number of carbonyl (C=O) groups excluding carboxylic acids is 1. The van der Waals surface area contributed by atoms with Gasteiger partial charge in [0, 0.05) is 12.5 Å². The first-order chi connectivity index (χ1) is 7.22. The Balaban J connectivity index is 2.11. The summed E-state index contributed by atoms with van der Waals surface area (Å²) in [6.45, 7) is 0. The molecule has 3 heteroatoms. The SMILES string of the molecule is COC(=O)CC[C@@H](N)CC1CCCCC1. The molecule has 0 radical (unpaired) electrons. The van der Waals surface area contributed by atoms with Crippen LogP contribution in [0.1, 0.15) is 51.4 Å². The fraction of sp³-hybridized carbons (Fsp3) is 0.917. The summed E-state index contributed by atoms with van der Waals surface area (Å²) >= 11 is 0. The molecule has 0 spiro atoms. The highest BCUT2D eigenvalue weighted by molar-refractivity contribution is 5.69. The third kappa shape index (κ3) is 5.17. The maximum atomic E-state index is 10.9. The molecule has 1 saturated carbocycles. The van der Waals surface area contributed by atoms with E-state index in [9.17, 15) is 4.79 Å². The zero-order valence-electron chi connectivity index (χ0n) is 9.71. The van der Waals surface area contributed by atoms with Gasteiger partial charge in [0.2, 0.25) is 0 Å². The van der Waals surface area contributed by atoms with Gasteiger partial charge in [-0.15, -0.1) is 0 Å². The van der Waals surface area contributed by atoms with E-state index in [1.165, 1.54) is 39.2 Å². The number of hydrogen-bond donors (Lipinski definition) is 1. The zero-order chi connectivity index (χ0) is 11.1. The van der Waals surface area contributed by atoms with Crippen molar-refractivity contribution in [3.05, 3.63) is 0 Å². The van der Waals surface area contributed by atoms with Crippen molar-refractivity contribution in [3.8, 4) is 0 Å². The molecular formula is C12H23NO2. The lowest BCUT2D eigenvalue weighted by Gasteiger charge is -2.24. The lowest BCUT2D eigenvalue weighted by molar-refractivity contribution is -0.140. The van der Waals surface area contributed by atoms with E-state index in [1.807, 2.05) is 0 Å². The Hall–Kier alpha value is -0.570. The lowest BCUT2D eigenvalue weighted by atomic mass is 9.84.